The van der Waals surface area contributed by atoms with Crippen LogP contribution >= 0.6 is 15.9 Å². The molecule has 0 radical (unpaired) electrons. The summed E-state index contributed by atoms with van der Waals surface area (Å²) in [6.45, 7) is 6.94. The van der Waals surface area contributed by atoms with Gasteiger partial charge in [0.2, 0.25) is 5.91 Å². The Kier molecular flexibility index (Phi) is 7.19. The lowest BCUT2D eigenvalue weighted by Gasteiger charge is -2.22. The maximum atomic E-state index is 11.5. The Morgan fingerprint density at radius 1 is 1.20 bits per heavy atom. The second kappa shape index (κ2) is 7.61. The molecule has 0 aliphatic heterocycles. The van der Waals surface area contributed by atoms with Gasteiger partial charge < -0.3 is 15.2 Å². The zero-order valence-corrected chi connectivity index (χ0v) is 13.9. The van der Waals surface area contributed by atoms with Gasteiger partial charge in [0.15, 0.2) is 0 Å². The summed E-state index contributed by atoms with van der Waals surface area (Å²) < 4.78 is 5.01. The van der Waals surface area contributed by atoms with E-state index in [1.54, 1.807) is 27.7 Å². The SMILES string of the molecule is CC(C)(C)OC(=O)CC(=O)NCCC(C)(CBr)C(=O)O. The molecule has 20 heavy (non-hydrogen) atoms. The largest absolute Gasteiger partial charge is 0.481 e. The molecule has 0 aromatic heterocycles. The van der Waals surface area contributed by atoms with Gasteiger partial charge in [0, 0.05) is 11.9 Å². The number of hydrogen-bond donors (Lipinski definition) is 2. The Morgan fingerprint density at radius 3 is 2.15 bits per heavy atom. The summed E-state index contributed by atoms with van der Waals surface area (Å²) >= 11 is 3.15. The molecule has 0 aliphatic rings. The molecular weight excluding hydrogens is 330 g/mol. The van der Waals surface area contributed by atoms with E-state index in [0.717, 1.165) is 0 Å². The number of nitrogens with one attached hydrogen (secondary N) is 1. The summed E-state index contributed by atoms with van der Waals surface area (Å²) in [7, 11) is 0. The second-order valence-corrected chi connectivity index (χ2v) is 6.42. The van der Waals surface area contributed by atoms with Gasteiger partial charge in [-0.25, -0.2) is 0 Å². The Balaban J connectivity index is 4.13. The highest BCUT2D eigenvalue weighted by Crippen LogP contribution is 2.23. The lowest BCUT2D eigenvalue weighted by Crippen LogP contribution is -2.36. The van der Waals surface area contributed by atoms with Gasteiger partial charge in [-0.2, -0.15) is 0 Å². The van der Waals surface area contributed by atoms with Crippen molar-refractivity contribution in [1.29, 1.82) is 0 Å². The fraction of sp³-hybridized carbons (Fsp3) is 0.769. The van der Waals surface area contributed by atoms with Gasteiger partial charge in [0.05, 0.1) is 5.41 Å². The predicted molar refractivity (Wildman–Crippen MR) is 77.6 cm³/mol. The van der Waals surface area contributed by atoms with Crippen LogP contribution in [0.1, 0.15) is 40.5 Å². The number of hydrogen-bond acceptors (Lipinski definition) is 4. The number of rotatable bonds is 7. The van der Waals surface area contributed by atoms with Crippen LogP contribution in [-0.4, -0.2) is 40.4 Å². The number of carboxylic acids is 1. The van der Waals surface area contributed by atoms with Crippen molar-refractivity contribution < 1.29 is 24.2 Å². The number of carboxylic acid groups (broad SMARTS) is 1. The molecule has 1 amide bonds. The first-order valence-corrected chi connectivity index (χ1v) is 7.40. The fourth-order valence-electron chi connectivity index (χ4n) is 1.28. The monoisotopic (exact) mass is 351 g/mol. The fourth-order valence-corrected chi connectivity index (χ4v) is 1.80. The molecule has 0 fully saturated rings. The van der Waals surface area contributed by atoms with Crippen LogP contribution in [0.2, 0.25) is 0 Å². The van der Waals surface area contributed by atoms with E-state index in [1.165, 1.54) is 0 Å². The van der Waals surface area contributed by atoms with Gasteiger partial charge in [-0.05, 0) is 34.1 Å². The van der Waals surface area contributed by atoms with Crippen molar-refractivity contribution in [1.82, 2.24) is 5.32 Å². The van der Waals surface area contributed by atoms with Gasteiger partial charge in [0.1, 0.15) is 12.0 Å². The van der Waals surface area contributed by atoms with Crippen LogP contribution < -0.4 is 5.32 Å². The summed E-state index contributed by atoms with van der Waals surface area (Å²) in [5.74, 6) is -2.01. The first-order valence-electron chi connectivity index (χ1n) is 6.28. The van der Waals surface area contributed by atoms with Crippen molar-refractivity contribution in [3.8, 4) is 0 Å². The van der Waals surface area contributed by atoms with Crippen LogP contribution in [0.15, 0.2) is 0 Å². The average Bonchev–Trinajstić information content (AvgIpc) is 2.25. The lowest BCUT2D eigenvalue weighted by atomic mass is 9.89. The van der Waals surface area contributed by atoms with Crippen molar-refractivity contribution in [2.24, 2.45) is 5.41 Å². The molecule has 1 atom stereocenters. The van der Waals surface area contributed by atoms with Crippen molar-refractivity contribution in [3.63, 3.8) is 0 Å². The number of carbonyl (C=O) groups excluding carboxylic acids is 2. The van der Waals surface area contributed by atoms with Crippen LogP contribution in [0.25, 0.3) is 0 Å². The number of carbonyl (C=O) groups is 3. The van der Waals surface area contributed by atoms with Gasteiger partial charge in [-0.15, -0.1) is 0 Å². The summed E-state index contributed by atoms with van der Waals surface area (Å²) in [4.78, 5) is 34.0. The summed E-state index contributed by atoms with van der Waals surface area (Å²) in [6, 6.07) is 0. The molecule has 0 aromatic carbocycles. The molecule has 116 valence electrons. The van der Waals surface area contributed by atoms with E-state index < -0.39 is 28.9 Å². The molecule has 2 N–H and O–H groups in total. The van der Waals surface area contributed by atoms with E-state index >= 15 is 0 Å². The molecule has 0 saturated heterocycles. The predicted octanol–water partition coefficient (Wildman–Crippen LogP) is 1.71. The molecule has 0 spiro atoms. The van der Waals surface area contributed by atoms with Gasteiger partial charge in [-0.3, -0.25) is 14.4 Å². The zero-order valence-electron chi connectivity index (χ0n) is 12.3. The first kappa shape index (κ1) is 18.9. The summed E-state index contributed by atoms with van der Waals surface area (Å²) in [5, 5.41) is 11.9. The number of ether oxygens (including phenoxy) is 1. The van der Waals surface area contributed by atoms with E-state index in [-0.39, 0.29) is 24.7 Å². The molecule has 0 aliphatic carbocycles. The van der Waals surface area contributed by atoms with Gasteiger partial charge >= 0.3 is 11.9 Å². The molecule has 0 aromatic rings. The quantitative estimate of drug-likeness (QED) is 0.413. The summed E-state index contributed by atoms with van der Waals surface area (Å²) in [6.07, 6.45) is -0.0942. The van der Waals surface area contributed by atoms with Crippen LogP contribution in [0.4, 0.5) is 0 Å². The van der Waals surface area contributed by atoms with E-state index in [0.29, 0.717) is 0 Å². The maximum Gasteiger partial charge on any atom is 0.315 e. The van der Waals surface area contributed by atoms with Crippen LogP contribution in [0.5, 0.6) is 0 Å². The van der Waals surface area contributed by atoms with E-state index in [4.69, 9.17) is 9.84 Å². The minimum Gasteiger partial charge on any atom is -0.481 e. The highest BCUT2D eigenvalue weighted by atomic mass is 79.9. The minimum absolute atomic E-state index is 0.191. The number of halogens is 1. The maximum absolute atomic E-state index is 11.5. The third-order valence-corrected chi connectivity index (χ3v) is 3.77. The second-order valence-electron chi connectivity index (χ2n) is 5.86. The normalized spacial score (nSPS) is 14.2. The molecule has 1 unspecified atom stereocenters. The topological polar surface area (TPSA) is 92.7 Å². The van der Waals surface area contributed by atoms with E-state index in [2.05, 4.69) is 21.2 Å². The first-order chi connectivity index (χ1) is 9.00. The number of amides is 1. The standard InChI is InChI=1S/C13H22BrNO5/c1-12(2,3)20-10(17)7-9(16)15-6-5-13(4,8-14)11(18)19/h5-8H2,1-4H3,(H,15,16)(H,18,19). The third-order valence-electron chi connectivity index (χ3n) is 2.54. The van der Waals surface area contributed by atoms with E-state index in [1.807, 2.05) is 0 Å². The Morgan fingerprint density at radius 2 is 1.75 bits per heavy atom. The third kappa shape index (κ3) is 7.47. The Bertz CT molecular complexity index is 377. The van der Waals surface area contributed by atoms with Gasteiger partial charge in [-0.1, -0.05) is 15.9 Å². The number of alkyl halides is 1. The van der Waals surface area contributed by atoms with Crippen molar-refractivity contribution in [2.75, 3.05) is 11.9 Å². The Labute approximate surface area is 127 Å². The number of aliphatic carboxylic acids is 1. The van der Waals surface area contributed by atoms with Crippen LogP contribution in [0, 0.1) is 5.41 Å². The minimum atomic E-state index is -0.945. The van der Waals surface area contributed by atoms with Gasteiger partial charge in [0.25, 0.3) is 0 Å². The number of esters is 1. The van der Waals surface area contributed by atoms with Crippen molar-refractivity contribution in [2.45, 2.75) is 46.1 Å². The van der Waals surface area contributed by atoms with Crippen LogP contribution in [0.3, 0.4) is 0 Å². The van der Waals surface area contributed by atoms with Crippen molar-refractivity contribution in [3.05, 3.63) is 0 Å². The highest BCUT2D eigenvalue weighted by molar-refractivity contribution is 9.09. The molecule has 6 nitrogen and oxygen atoms in total. The molecular formula is C13H22BrNO5. The molecule has 0 heterocycles. The van der Waals surface area contributed by atoms with Crippen LogP contribution in [-0.2, 0) is 19.1 Å². The van der Waals surface area contributed by atoms with Crippen molar-refractivity contribution >= 4 is 33.8 Å². The average molecular weight is 352 g/mol. The van der Waals surface area contributed by atoms with E-state index in [9.17, 15) is 14.4 Å². The molecule has 0 saturated carbocycles. The summed E-state index contributed by atoms with van der Waals surface area (Å²) in [5.41, 5.74) is -1.57. The molecule has 7 heteroatoms. The zero-order chi connectivity index (χ0) is 16.0. The lowest BCUT2D eigenvalue weighted by molar-refractivity contribution is -0.156. The Hall–Kier alpha value is -1.11. The smallest absolute Gasteiger partial charge is 0.315 e. The molecule has 0 bridgehead atoms. The molecule has 0 rings (SSSR count). The highest BCUT2D eigenvalue weighted by Gasteiger charge is 2.31.